The van der Waals surface area contributed by atoms with Crippen LogP contribution >= 0.6 is 15.9 Å². The van der Waals surface area contributed by atoms with Crippen LogP contribution in [0.5, 0.6) is 0 Å². The zero-order valence-electron chi connectivity index (χ0n) is 16.8. The highest BCUT2D eigenvalue weighted by Crippen LogP contribution is 2.39. The Morgan fingerprint density at radius 1 is 1.00 bits per heavy atom. The summed E-state index contributed by atoms with van der Waals surface area (Å²) in [7, 11) is 0. The van der Waals surface area contributed by atoms with Crippen molar-refractivity contribution in [1.29, 1.82) is 0 Å². The van der Waals surface area contributed by atoms with Crippen molar-refractivity contribution in [2.45, 2.75) is 45.6 Å². The van der Waals surface area contributed by atoms with E-state index < -0.39 is 17.7 Å². The number of nitrogens with zero attached hydrogens (tertiary/aromatic N) is 1. The van der Waals surface area contributed by atoms with E-state index in [-0.39, 0.29) is 11.3 Å². The molecule has 1 aliphatic heterocycles. The van der Waals surface area contributed by atoms with Gasteiger partial charge in [-0.3, -0.25) is 9.59 Å². The van der Waals surface area contributed by atoms with Gasteiger partial charge in [0.05, 0.1) is 11.6 Å². The molecule has 1 amide bonds. The third-order valence-corrected chi connectivity index (χ3v) is 5.89. The number of likely N-dealkylation sites (tertiary alicyclic amines) is 1. The van der Waals surface area contributed by atoms with Gasteiger partial charge in [0.15, 0.2) is 0 Å². The van der Waals surface area contributed by atoms with Gasteiger partial charge in [0.1, 0.15) is 5.76 Å². The molecule has 1 unspecified atom stereocenters. The van der Waals surface area contributed by atoms with E-state index in [0.29, 0.717) is 12.1 Å². The first-order valence-corrected chi connectivity index (χ1v) is 10.9. The number of carbonyl (C=O) groups excluding carboxylic acids is 2. The maximum absolute atomic E-state index is 12.9. The average molecular weight is 456 g/mol. The summed E-state index contributed by atoms with van der Waals surface area (Å²) < 4.78 is 0.876. The molecule has 1 N–H and O–H groups in total. The average Bonchev–Trinajstić information content (AvgIpc) is 2.99. The number of ketones is 1. The summed E-state index contributed by atoms with van der Waals surface area (Å²) in [5, 5.41) is 11.0. The van der Waals surface area contributed by atoms with Crippen molar-refractivity contribution < 1.29 is 14.7 Å². The molecule has 1 saturated heterocycles. The highest BCUT2D eigenvalue weighted by Gasteiger charge is 2.45. The van der Waals surface area contributed by atoms with E-state index in [4.69, 9.17) is 0 Å². The lowest BCUT2D eigenvalue weighted by molar-refractivity contribution is -0.139. The summed E-state index contributed by atoms with van der Waals surface area (Å²) in [6.45, 7) is 4.68. The Bertz CT molecular complexity index is 916. The molecule has 0 saturated carbocycles. The van der Waals surface area contributed by atoms with Gasteiger partial charge in [-0.15, -0.1) is 0 Å². The van der Waals surface area contributed by atoms with E-state index in [1.165, 1.54) is 5.56 Å². The standard InChI is InChI=1S/C24H26BrNO3/c1-3-5-6-15-26-21(17-9-7-16(4-2)8-10-17)20(23(28)24(26)29)22(27)18-11-13-19(25)14-12-18/h7-14,21,27H,3-6,15H2,1-2H3/b22-20-. The zero-order valence-corrected chi connectivity index (χ0v) is 18.4. The van der Waals surface area contributed by atoms with Crippen LogP contribution in [0.25, 0.3) is 5.76 Å². The molecule has 1 fully saturated rings. The van der Waals surface area contributed by atoms with E-state index in [0.717, 1.165) is 35.7 Å². The van der Waals surface area contributed by atoms with Crippen LogP contribution in [0.15, 0.2) is 58.6 Å². The number of carbonyl (C=O) groups is 2. The van der Waals surface area contributed by atoms with Crippen molar-refractivity contribution in [2.24, 2.45) is 0 Å². The van der Waals surface area contributed by atoms with Crippen LogP contribution < -0.4 is 0 Å². The third-order valence-electron chi connectivity index (χ3n) is 5.36. The van der Waals surface area contributed by atoms with Crippen LogP contribution in [0.3, 0.4) is 0 Å². The normalized spacial score (nSPS) is 18.4. The van der Waals surface area contributed by atoms with E-state index in [9.17, 15) is 14.7 Å². The van der Waals surface area contributed by atoms with E-state index in [1.807, 2.05) is 24.3 Å². The molecule has 1 heterocycles. The van der Waals surface area contributed by atoms with Crippen molar-refractivity contribution in [3.63, 3.8) is 0 Å². The molecule has 0 radical (unpaired) electrons. The molecule has 152 valence electrons. The van der Waals surface area contributed by atoms with Crippen LogP contribution in [-0.2, 0) is 16.0 Å². The van der Waals surface area contributed by atoms with E-state index in [1.54, 1.807) is 29.2 Å². The van der Waals surface area contributed by atoms with E-state index in [2.05, 4.69) is 29.8 Å². The molecule has 2 aromatic rings. The van der Waals surface area contributed by atoms with Crippen molar-refractivity contribution in [3.8, 4) is 0 Å². The minimum absolute atomic E-state index is 0.126. The second-order valence-electron chi connectivity index (χ2n) is 7.30. The van der Waals surface area contributed by atoms with E-state index >= 15 is 0 Å². The first kappa shape index (κ1) is 21.3. The topological polar surface area (TPSA) is 57.6 Å². The number of rotatable bonds is 7. The number of benzene rings is 2. The molecule has 2 aromatic carbocycles. The number of aryl methyl sites for hydroxylation is 1. The van der Waals surface area contributed by atoms with Crippen molar-refractivity contribution in [1.82, 2.24) is 4.90 Å². The smallest absolute Gasteiger partial charge is 0.295 e. The van der Waals surface area contributed by atoms with Gasteiger partial charge in [0.2, 0.25) is 0 Å². The highest BCUT2D eigenvalue weighted by molar-refractivity contribution is 9.10. The minimum Gasteiger partial charge on any atom is -0.507 e. The predicted molar refractivity (Wildman–Crippen MR) is 118 cm³/mol. The molecule has 0 spiro atoms. The Hall–Kier alpha value is -2.40. The van der Waals surface area contributed by atoms with Gasteiger partial charge in [-0.25, -0.2) is 0 Å². The maximum atomic E-state index is 12.9. The lowest BCUT2D eigenvalue weighted by Gasteiger charge is -2.25. The van der Waals surface area contributed by atoms with Gasteiger partial charge in [-0.2, -0.15) is 0 Å². The Morgan fingerprint density at radius 2 is 1.66 bits per heavy atom. The van der Waals surface area contributed by atoms with Gasteiger partial charge >= 0.3 is 0 Å². The quantitative estimate of drug-likeness (QED) is 0.255. The third kappa shape index (κ3) is 4.45. The molecule has 29 heavy (non-hydrogen) atoms. The lowest BCUT2D eigenvalue weighted by atomic mass is 9.94. The number of Topliss-reactive ketones (excluding diaryl/α,β-unsaturated/α-hetero) is 1. The molecule has 0 aromatic heterocycles. The number of hydrogen-bond donors (Lipinski definition) is 1. The van der Waals surface area contributed by atoms with Gasteiger partial charge in [0.25, 0.3) is 11.7 Å². The SMILES string of the molecule is CCCCCN1C(=O)C(=O)/C(=C(\O)c2ccc(Br)cc2)C1c1ccc(CC)cc1. The summed E-state index contributed by atoms with van der Waals surface area (Å²) in [5.74, 6) is -1.28. The Kier molecular flexibility index (Phi) is 6.91. The van der Waals surface area contributed by atoms with Gasteiger partial charge in [0, 0.05) is 16.6 Å². The number of unbranched alkanes of at least 4 members (excludes halogenated alkanes) is 2. The summed E-state index contributed by atoms with van der Waals surface area (Å²) in [4.78, 5) is 27.4. The van der Waals surface area contributed by atoms with Crippen LogP contribution in [-0.4, -0.2) is 28.2 Å². The highest BCUT2D eigenvalue weighted by atomic mass is 79.9. The first-order valence-electron chi connectivity index (χ1n) is 10.1. The molecule has 1 atom stereocenters. The van der Waals surface area contributed by atoms with Crippen molar-refractivity contribution >= 4 is 33.4 Å². The second kappa shape index (κ2) is 9.40. The molecule has 1 aliphatic rings. The molecule has 0 bridgehead atoms. The molecular weight excluding hydrogens is 430 g/mol. The summed E-state index contributed by atoms with van der Waals surface area (Å²) in [6, 6.07) is 14.5. The Balaban J connectivity index is 2.09. The van der Waals surface area contributed by atoms with Crippen LogP contribution in [0.1, 0.15) is 55.8 Å². The number of amides is 1. The van der Waals surface area contributed by atoms with Gasteiger partial charge < -0.3 is 10.0 Å². The fourth-order valence-electron chi connectivity index (χ4n) is 3.69. The zero-order chi connectivity index (χ0) is 21.0. The largest absolute Gasteiger partial charge is 0.507 e. The number of hydrogen-bond acceptors (Lipinski definition) is 3. The summed E-state index contributed by atoms with van der Waals surface area (Å²) >= 11 is 3.38. The number of halogens is 1. The molecule has 4 nitrogen and oxygen atoms in total. The van der Waals surface area contributed by atoms with Crippen LogP contribution in [0, 0.1) is 0 Å². The predicted octanol–water partition coefficient (Wildman–Crippen LogP) is 5.62. The molecular formula is C24H26BrNO3. The summed E-state index contributed by atoms with van der Waals surface area (Å²) in [5.41, 5.74) is 2.72. The van der Waals surface area contributed by atoms with Crippen LogP contribution in [0.4, 0.5) is 0 Å². The fourth-order valence-corrected chi connectivity index (χ4v) is 3.95. The Morgan fingerprint density at radius 3 is 2.24 bits per heavy atom. The summed E-state index contributed by atoms with van der Waals surface area (Å²) in [6.07, 6.45) is 3.75. The van der Waals surface area contributed by atoms with Gasteiger partial charge in [-0.1, -0.05) is 79.0 Å². The monoisotopic (exact) mass is 455 g/mol. The fraction of sp³-hybridized carbons (Fsp3) is 0.333. The lowest BCUT2D eigenvalue weighted by Crippen LogP contribution is -2.30. The second-order valence-corrected chi connectivity index (χ2v) is 8.22. The molecule has 3 rings (SSSR count). The first-order chi connectivity index (χ1) is 14.0. The number of aliphatic hydroxyl groups excluding tert-OH is 1. The maximum Gasteiger partial charge on any atom is 0.295 e. The molecule has 0 aliphatic carbocycles. The van der Waals surface area contributed by atoms with Crippen LogP contribution in [0.2, 0.25) is 0 Å². The van der Waals surface area contributed by atoms with Crippen molar-refractivity contribution in [3.05, 3.63) is 75.3 Å². The molecule has 5 heteroatoms. The van der Waals surface area contributed by atoms with Gasteiger partial charge in [-0.05, 0) is 36.1 Å². The minimum atomic E-state index is -0.619. The van der Waals surface area contributed by atoms with Crippen molar-refractivity contribution in [2.75, 3.05) is 6.54 Å². The Labute approximate surface area is 180 Å². The number of aliphatic hydroxyl groups is 1.